The number of rotatable bonds is 2. The van der Waals surface area contributed by atoms with E-state index in [0.29, 0.717) is 12.1 Å². The molecule has 101 valence electrons. The first-order valence-corrected chi connectivity index (χ1v) is 4.79. The summed E-state index contributed by atoms with van der Waals surface area (Å²) in [4.78, 5) is 0. The number of aliphatic hydroxyl groups excluding tert-OH is 1. The van der Waals surface area contributed by atoms with Crippen molar-refractivity contribution in [2.75, 3.05) is 6.61 Å². The van der Waals surface area contributed by atoms with E-state index in [2.05, 4.69) is 0 Å². The molecule has 0 aliphatic heterocycles. The van der Waals surface area contributed by atoms with Crippen LogP contribution in [0.2, 0.25) is 0 Å². The van der Waals surface area contributed by atoms with E-state index >= 15 is 0 Å². The number of halogens is 6. The Labute approximate surface area is 99.0 Å². The van der Waals surface area contributed by atoms with Gasteiger partial charge in [-0.05, 0) is 23.8 Å². The first-order chi connectivity index (χ1) is 8.05. The molecule has 18 heavy (non-hydrogen) atoms. The summed E-state index contributed by atoms with van der Waals surface area (Å²) in [7, 11) is 0. The van der Waals surface area contributed by atoms with Gasteiger partial charge in [-0.3, -0.25) is 0 Å². The molecule has 0 spiro atoms. The van der Waals surface area contributed by atoms with E-state index in [9.17, 15) is 26.3 Å². The minimum absolute atomic E-state index is 0.0339. The van der Waals surface area contributed by atoms with Crippen molar-refractivity contribution in [2.24, 2.45) is 0 Å². The van der Waals surface area contributed by atoms with Gasteiger partial charge in [-0.1, -0.05) is 6.92 Å². The van der Waals surface area contributed by atoms with Gasteiger partial charge >= 0.3 is 12.4 Å². The second-order valence-corrected chi connectivity index (χ2v) is 3.73. The minimum Gasteiger partial charge on any atom is -0.395 e. The van der Waals surface area contributed by atoms with Crippen LogP contribution in [0.5, 0.6) is 0 Å². The highest BCUT2D eigenvalue weighted by Gasteiger charge is 2.37. The molecule has 0 saturated heterocycles. The zero-order valence-corrected chi connectivity index (χ0v) is 9.15. The zero-order chi connectivity index (χ0) is 14.1. The summed E-state index contributed by atoms with van der Waals surface area (Å²) in [6, 6.07) is 1.22. The average molecular weight is 271 g/mol. The van der Waals surface area contributed by atoms with Gasteiger partial charge in [0.15, 0.2) is 0 Å². The molecule has 1 radical (unpaired) electrons. The predicted octanol–water partition coefficient (Wildman–Crippen LogP) is 3.66. The number of alkyl halides is 6. The van der Waals surface area contributed by atoms with E-state index in [4.69, 9.17) is 5.11 Å². The highest BCUT2D eigenvalue weighted by Crippen LogP contribution is 2.37. The molecule has 0 amide bonds. The van der Waals surface area contributed by atoms with Crippen molar-refractivity contribution in [3.63, 3.8) is 0 Å². The molecule has 0 aliphatic carbocycles. The van der Waals surface area contributed by atoms with Gasteiger partial charge < -0.3 is 5.11 Å². The van der Waals surface area contributed by atoms with E-state index in [1.807, 2.05) is 0 Å². The van der Waals surface area contributed by atoms with E-state index in [-0.39, 0.29) is 17.5 Å². The second-order valence-electron chi connectivity index (χ2n) is 3.73. The lowest BCUT2D eigenvalue weighted by Gasteiger charge is -2.16. The van der Waals surface area contributed by atoms with E-state index in [1.54, 1.807) is 0 Å². The standard InChI is InChI=1S/C11H9F6O/c1-6(5-18)7-2-8(10(12,13)14)4-9(3-7)11(15,16)17/h2-4,18H,5H2,1H3. The molecule has 1 rings (SSSR count). The fourth-order valence-corrected chi connectivity index (χ4v) is 1.29. The van der Waals surface area contributed by atoms with E-state index in [0.717, 1.165) is 0 Å². The van der Waals surface area contributed by atoms with Gasteiger partial charge in [0, 0.05) is 5.92 Å². The molecule has 0 aliphatic rings. The van der Waals surface area contributed by atoms with Crippen LogP contribution in [0.4, 0.5) is 26.3 Å². The Balaban J connectivity index is 3.39. The van der Waals surface area contributed by atoms with Crippen molar-refractivity contribution >= 4 is 0 Å². The maximum absolute atomic E-state index is 12.5. The van der Waals surface area contributed by atoms with Crippen LogP contribution in [0, 0.1) is 5.92 Å². The van der Waals surface area contributed by atoms with E-state index < -0.39 is 30.1 Å². The third kappa shape index (κ3) is 3.38. The number of hydrogen-bond donors (Lipinski definition) is 1. The van der Waals surface area contributed by atoms with Crippen LogP contribution in [-0.2, 0) is 12.4 Å². The van der Waals surface area contributed by atoms with Crippen molar-refractivity contribution in [1.29, 1.82) is 0 Å². The molecule has 0 saturated carbocycles. The van der Waals surface area contributed by atoms with E-state index in [1.165, 1.54) is 6.92 Å². The van der Waals surface area contributed by atoms with Gasteiger partial charge in [-0.2, -0.15) is 26.3 Å². The van der Waals surface area contributed by atoms with Crippen LogP contribution in [-0.4, -0.2) is 11.7 Å². The zero-order valence-electron chi connectivity index (χ0n) is 9.15. The smallest absolute Gasteiger partial charge is 0.395 e. The molecule has 0 bridgehead atoms. The van der Waals surface area contributed by atoms with Crippen molar-refractivity contribution in [3.05, 3.63) is 40.8 Å². The maximum atomic E-state index is 12.5. The lowest BCUT2D eigenvalue weighted by atomic mass is 9.96. The second kappa shape index (κ2) is 4.79. The Morgan fingerprint density at radius 1 is 0.944 bits per heavy atom. The van der Waals surface area contributed by atoms with Gasteiger partial charge in [0.05, 0.1) is 17.7 Å². The van der Waals surface area contributed by atoms with Crippen LogP contribution in [0.3, 0.4) is 0 Å². The Kier molecular flexibility index (Phi) is 3.95. The molecular formula is C11H9F6O. The van der Waals surface area contributed by atoms with Crippen molar-refractivity contribution in [3.8, 4) is 0 Å². The summed E-state index contributed by atoms with van der Waals surface area (Å²) in [6.07, 6.45) is -9.74. The lowest BCUT2D eigenvalue weighted by molar-refractivity contribution is -0.143. The van der Waals surface area contributed by atoms with Gasteiger partial charge in [-0.25, -0.2) is 0 Å². The number of benzene rings is 1. The average Bonchev–Trinajstić information content (AvgIpc) is 2.25. The summed E-state index contributed by atoms with van der Waals surface area (Å²) in [5, 5.41) is 8.78. The molecule has 0 aromatic heterocycles. The Hall–Kier alpha value is -1.24. The minimum atomic E-state index is -4.87. The van der Waals surface area contributed by atoms with Crippen LogP contribution < -0.4 is 0 Å². The van der Waals surface area contributed by atoms with Gasteiger partial charge in [0.25, 0.3) is 0 Å². The van der Waals surface area contributed by atoms with Crippen molar-refractivity contribution in [2.45, 2.75) is 19.3 Å². The Morgan fingerprint density at radius 2 is 1.33 bits per heavy atom. The third-order valence-electron chi connectivity index (χ3n) is 2.32. The first kappa shape index (κ1) is 14.8. The summed E-state index contributed by atoms with van der Waals surface area (Å²) in [5.74, 6) is 0.0339. The van der Waals surface area contributed by atoms with Gasteiger partial charge in [-0.15, -0.1) is 0 Å². The highest BCUT2D eigenvalue weighted by molar-refractivity contribution is 5.40. The summed E-state index contributed by atoms with van der Waals surface area (Å²) < 4.78 is 74.8. The molecule has 7 heteroatoms. The molecule has 0 fully saturated rings. The van der Waals surface area contributed by atoms with Crippen LogP contribution in [0.25, 0.3) is 0 Å². The largest absolute Gasteiger partial charge is 0.416 e. The highest BCUT2D eigenvalue weighted by atomic mass is 19.4. The predicted molar refractivity (Wildman–Crippen MR) is 51.6 cm³/mol. The lowest BCUT2D eigenvalue weighted by Crippen LogP contribution is -2.13. The fourth-order valence-electron chi connectivity index (χ4n) is 1.29. The van der Waals surface area contributed by atoms with Crippen LogP contribution >= 0.6 is 0 Å². The molecular weight excluding hydrogens is 262 g/mol. The number of hydrogen-bond acceptors (Lipinski definition) is 1. The van der Waals surface area contributed by atoms with Crippen LogP contribution in [0.1, 0.15) is 23.6 Å². The van der Waals surface area contributed by atoms with Crippen LogP contribution in [0.15, 0.2) is 18.2 Å². The maximum Gasteiger partial charge on any atom is 0.416 e. The molecule has 1 aromatic carbocycles. The Bertz CT molecular complexity index is 388. The molecule has 1 aromatic rings. The molecule has 0 unspecified atom stereocenters. The molecule has 1 nitrogen and oxygen atoms in total. The quantitative estimate of drug-likeness (QED) is 0.814. The summed E-state index contributed by atoms with van der Waals surface area (Å²) in [5.41, 5.74) is -3.06. The third-order valence-corrected chi connectivity index (χ3v) is 2.32. The molecule has 0 atom stereocenters. The SMILES string of the molecule is C[C](CO)c1cc(C(F)(F)F)cc(C(F)(F)F)c1. The van der Waals surface area contributed by atoms with Crippen molar-refractivity contribution < 1.29 is 31.4 Å². The van der Waals surface area contributed by atoms with Crippen molar-refractivity contribution in [1.82, 2.24) is 0 Å². The Morgan fingerprint density at radius 3 is 1.61 bits per heavy atom. The fraction of sp³-hybridized carbons (Fsp3) is 0.364. The normalized spacial score (nSPS) is 13.2. The summed E-state index contributed by atoms with van der Waals surface area (Å²) in [6.45, 7) is 0.647. The topological polar surface area (TPSA) is 20.2 Å². The molecule has 0 heterocycles. The molecule has 1 N–H and O–H groups in total. The first-order valence-electron chi connectivity index (χ1n) is 4.79. The van der Waals surface area contributed by atoms with Gasteiger partial charge in [0.1, 0.15) is 0 Å². The van der Waals surface area contributed by atoms with Gasteiger partial charge in [0.2, 0.25) is 0 Å². The monoisotopic (exact) mass is 271 g/mol. The summed E-state index contributed by atoms with van der Waals surface area (Å²) >= 11 is 0. The number of aliphatic hydroxyl groups is 1.